The molecule has 0 aliphatic carbocycles. The van der Waals surface area contributed by atoms with Crippen molar-refractivity contribution < 1.29 is 9.21 Å². The van der Waals surface area contributed by atoms with Gasteiger partial charge in [-0.1, -0.05) is 20.8 Å². The maximum atomic E-state index is 12.1. The van der Waals surface area contributed by atoms with Crippen molar-refractivity contribution >= 4 is 17.5 Å². The van der Waals surface area contributed by atoms with Gasteiger partial charge in [-0.3, -0.25) is 4.79 Å². The first-order chi connectivity index (χ1) is 7.25. The predicted molar refractivity (Wildman–Crippen MR) is 64.7 cm³/mol. The number of carbonyl (C=O) groups is 1. The lowest BCUT2D eigenvalue weighted by molar-refractivity contribution is 0.0629. The van der Waals surface area contributed by atoms with Crippen LogP contribution in [0.3, 0.4) is 0 Å². The zero-order chi connectivity index (χ0) is 12.5. The summed E-state index contributed by atoms with van der Waals surface area (Å²) >= 11 is 5.78. The Morgan fingerprint density at radius 3 is 2.44 bits per heavy atom. The highest BCUT2D eigenvalue weighted by molar-refractivity contribution is 6.32. The average Bonchev–Trinajstić information content (AvgIpc) is 2.59. The fourth-order valence-corrected chi connectivity index (χ4v) is 1.59. The number of carbonyl (C=O) groups excluding carboxylic acids is 1. The van der Waals surface area contributed by atoms with Gasteiger partial charge in [0.1, 0.15) is 0 Å². The van der Waals surface area contributed by atoms with E-state index in [1.165, 1.54) is 6.26 Å². The largest absolute Gasteiger partial charge is 0.452 e. The van der Waals surface area contributed by atoms with E-state index in [4.69, 9.17) is 16.0 Å². The highest BCUT2D eigenvalue weighted by Gasteiger charge is 2.28. The lowest BCUT2D eigenvalue weighted by Gasteiger charge is -2.35. The van der Waals surface area contributed by atoms with Crippen molar-refractivity contribution in [1.29, 1.82) is 0 Å². The van der Waals surface area contributed by atoms with E-state index in [1.54, 1.807) is 18.0 Å². The number of furan rings is 1. The molecule has 0 N–H and O–H groups in total. The van der Waals surface area contributed by atoms with Crippen LogP contribution in [0.2, 0.25) is 5.22 Å². The van der Waals surface area contributed by atoms with Gasteiger partial charge in [-0.15, -0.1) is 0 Å². The van der Waals surface area contributed by atoms with Gasteiger partial charge in [-0.2, -0.15) is 0 Å². The molecule has 0 bridgehead atoms. The monoisotopic (exact) mass is 243 g/mol. The standard InChI is InChI=1S/C12H18ClNO2/c1-8(12(2,3)4)14(5)11(15)9-6-7-16-10(9)13/h6-8H,1-5H3. The Bertz CT molecular complexity index is 379. The second kappa shape index (κ2) is 4.50. The van der Waals surface area contributed by atoms with Crippen LogP contribution >= 0.6 is 11.6 Å². The molecule has 0 aliphatic rings. The quantitative estimate of drug-likeness (QED) is 0.797. The van der Waals surface area contributed by atoms with Crippen LogP contribution in [0.4, 0.5) is 0 Å². The molecule has 0 radical (unpaired) electrons. The molecule has 1 amide bonds. The molecule has 0 saturated carbocycles. The second-order valence-corrected chi connectivity index (χ2v) is 5.41. The summed E-state index contributed by atoms with van der Waals surface area (Å²) in [7, 11) is 1.78. The minimum absolute atomic E-state index is 0.0284. The van der Waals surface area contributed by atoms with Gasteiger partial charge in [0.15, 0.2) is 0 Å². The molecule has 0 aromatic carbocycles. The number of hydrogen-bond donors (Lipinski definition) is 0. The molecule has 4 heteroatoms. The van der Waals surface area contributed by atoms with E-state index in [2.05, 4.69) is 20.8 Å². The van der Waals surface area contributed by atoms with Gasteiger partial charge in [0.2, 0.25) is 5.22 Å². The topological polar surface area (TPSA) is 33.5 Å². The third kappa shape index (κ3) is 2.59. The number of nitrogens with zero attached hydrogens (tertiary/aromatic N) is 1. The molecule has 1 rings (SSSR count). The van der Waals surface area contributed by atoms with Gasteiger partial charge >= 0.3 is 0 Å². The lowest BCUT2D eigenvalue weighted by atomic mass is 9.87. The summed E-state index contributed by atoms with van der Waals surface area (Å²) in [6, 6.07) is 1.71. The molecule has 0 spiro atoms. The summed E-state index contributed by atoms with van der Waals surface area (Å²) in [6.07, 6.45) is 1.42. The zero-order valence-corrected chi connectivity index (χ0v) is 11.1. The highest BCUT2D eigenvalue weighted by atomic mass is 35.5. The van der Waals surface area contributed by atoms with E-state index in [-0.39, 0.29) is 22.6 Å². The summed E-state index contributed by atoms with van der Waals surface area (Å²) in [4.78, 5) is 13.8. The number of amides is 1. The molecule has 1 unspecified atom stereocenters. The Morgan fingerprint density at radius 1 is 1.50 bits per heavy atom. The Kier molecular flexibility index (Phi) is 3.68. The minimum atomic E-state index is -0.110. The van der Waals surface area contributed by atoms with Crippen LogP contribution in [-0.4, -0.2) is 23.9 Å². The second-order valence-electron chi connectivity index (χ2n) is 5.07. The third-order valence-corrected chi connectivity index (χ3v) is 3.30. The van der Waals surface area contributed by atoms with Crippen LogP contribution in [0.5, 0.6) is 0 Å². The Labute approximate surface area is 101 Å². The van der Waals surface area contributed by atoms with Crippen LogP contribution in [0, 0.1) is 5.41 Å². The smallest absolute Gasteiger partial charge is 0.258 e. The third-order valence-electron chi connectivity index (χ3n) is 3.00. The van der Waals surface area contributed by atoms with Gasteiger partial charge in [-0.25, -0.2) is 0 Å². The molecule has 1 heterocycles. The summed E-state index contributed by atoms with van der Waals surface area (Å²) in [5, 5.41) is 0.151. The normalized spacial score (nSPS) is 13.6. The number of rotatable bonds is 2. The Hall–Kier alpha value is -0.960. The first-order valence-corrected chi connectivity index (χ1v) is 5.63. The van der Waals surface area contributed by atoms with Crippen LogP contribution in [-0.2, 0) is 0 Å². The van der Waals surface area contributed by atoms with Crippen LogP contribution in [0.1, 0.15) is 38.1 Å². The van der Waals surface area contributed by atoms with E-state index in [9.17, 15) is 4.79 Å². The van der Waals surface area contributed by atoms with Crippen LogP contribution in [0.25, 0.3) is 0 Å². The summed E-state index contributed by atoms with van der Waals surface area (Å²) in [6.45, 7) is 8.31. The predicted octanol–water partition coefficient (Wildman–Crippen LogP) is 3.44. The molecule has 1 aromatic rings. The van der Waals surface area contributed by atoms with E-state index >= 15 is 0 Å². The van der Waals surface area contributed by atoms with Crippen molar-refractivity contribution in [3.63, 3.8) is 0 Å². The fraction of sp³-hybridized carbons (Fsp3) is 0.583. The van der Waals surface area contributed by atoms with Gasteiger partial charge < -0.3 is 9.32 Å². The number of halogens is 1. The maximum Gasteiger partial charge on any atom is 0.258 e. The molecule has 1 aromatic heterocycles. The Morgan fingerprint density at radius 2 is 2.06 bits per heavy atom. The molecule has 0 fully saturated rings. The van der Waals surface area contributed by atoms with E-state index in [0.29, 0.717) is 5.56 Å². The summed E-state index contributed by atoms with van der Waals surface area (Å²) in [5.41, 5.74) is 0.445. The van der Waals surface area contributed by atoms with E-state index < -0.39 is 0 Å². The fourth-order valence-electron chi connectivity index (χ4n) is 1.39. The van der Waals surface area contributed by atoms with Gasteiger partial charge in [0, 0.05) is 13.1 Å². The highest BCUT2D eigenvalue weighted by Crippen LogP contribution is 2.26. The van der Waals surface area contributed by atoms with Crippen LogP contribution in [0.15, 0.2) is 16.7 Å². The van der Waals surface area contributed by atoms with Gasteiger partial charge in [0.05, 0.1) is 11.8 Å². The molecule has 3 nitrogen and oxygen atoms in total. The SMILES string of the molecule is CC(N(C)C(=O)c1ccoc1Cl)C(C)(C)C. The summed E-state index contributed by atoms with van der Waals surface area (Å²) in [5.74, 6) is -0.110. The molecular weight excluding hydrogens is 226 g/mol. The molecular formula is C12H18ClNO2. The molecule has 1 atom stereocenters. The minimum Gasteiger partial charge on any atom is -0.452 e. The van der Waals surface area contributed by atoms with Crippen molar-refractivity contribution in [2.75, 3.05) is 7.05 Å². The molecule has 0 aliphatic heterocycles. The first-order valence-electron chi connectivity index (χ1n) is 5.25. The van der Waals surface area contributed by atoms with Gasteiger partial charge in [-0.05, 0) is 30.0 Å². The molecule has 90 valence electrons. The number of hydrogen-bond acceptors (Lipinski definition) is 2. The Balaban J connectivity index is 2.88. The van der Waals surface area contributed by atoms with Crippen molar-refractivity contribution in [3.05, 3.63) is 23.1 Å². The van der Waals surface area contributed by atoms with Crippen molar-refractivity contribution in [3.8, 4) is 0 Å². The van der Waals surface area contributed by atoms with Crippen molar-refractivity contribution in [2.24, 2.45) is 5.41 Å². The van der Waals surface area contributed by atoms with Gasteiger partial charge in [0.25, 0.3) is 5.91 Å². The maximum absolute atomic E-state index is 12.1. The first kappa shape index (κ1) is 13.1. The van der Waals surface area contributed by atoms with Crippen LogP contribution < -0.4 is 0 Å². The average molecular weight is 244 g/mol. The lowest BCUT2D eigenvalue weighted by Crippen LogP contribution is -2.42. The van der Waals surface area contributed by atoms with Crippen molar-refractivity contribution in [1.82, 2.24) is 4.90 Å². The zero-order valence-electron chi connectivity index (χ0n) is 10.4. The molecule has 16 heavy (non-hydrogen) atoms. The summed E-state index contributed by atoms with van der Waals surface area (Å²) < 4.78 is 4.92. The van der Waals surface area contributed by atoms with E-state index in [0.717, 1.165) is 0 Å². The van der Waals surface area contributed by atoms with E-state index in [1.807, 2.05) is 6.92 Å². The molecule has 0 saturated heterocycles. The van der Waals surface area contributed by atoms with Crippen molar-refractivity contribution in [2.45, 2.75) is 33.7 Å².